The summed E-state index contributed by atoms with van der Waals surface area (Å²) in [7, 11) is 2.00. The van der Waals surface area contributed by atoms with Gasteiger partial charge in [-0.3, -0.25) is 4.98 Å². The molecule has 0 aliphatic rings. The standard InChI is InChI=1S/C16H22N2/c1-5-7-12-8-9-15-14(10-12)16(17-4)13(6-2)11(3)18-15/h8-10H,5-7H2,1-4H3,(H,17,18). The Kier molecular flexibility index (Phi) is 3.85. The van der Waals surface area contributed by atoms with Gasteiger partial charge in [-0.1, -0.05) is 26.3 Å². The SMILES string of the molecule is CCCc1ccc2nc(C)c(CC)c(NC)c2c1. The number of pyridine rings is 1. The number of benzene rings is 1. The summed E-state index contributed by atoms with van der Waals surface area (Å²) in [6.45, 7) is 6.50. The smallest absolute Gasteiger partial charge is 0.0726 e. The summed E-state index contributed by atoms with van der Waals surface area (Å²) >= 11 is 0. The molecule has 0 radical (unpaired) electrons. The van der Waals surface area contributed by atoms with E-state index in [1.807, 2.05) is 7.05 Å². The van der Waals surface area contributed by atoms with E-state index in [4.69, 9.17) is 4.98 Å². The number of nitrogens with zero attached hydrogens (tertiary/aromatic N) is 1. The fourth-order valence-electron chi connectivity index (χ4n) is 2.63. The Morgan fingerprint density at radius 2 is 2.00 bits per heavy atom. The highest BCUT2D eigenvalue weighted by atomic mass is 14.8. The third-order valence-corrected chi connectivity index (χ3v) is 3.50. The number of hydrogen-bond acceptors (Lipinski definition) is 2. The van der Waals surface area contributed by atoms with Crippen molar-refractivity contribution in [3.8, 4) is 0 Å². The monoisotopic (exact) mass is 242 g/mol. The van der Waals surface area contributed by atoms with E-state index in [9.17, 15) is 0 Å². The molecule has 0 aliphatic heterocycles. The number of anilines is 1. The van der Waals surface area contributed by atoms with Gasteiger partial charge in [0, 0.05) is 23.8 Å². The van der Waals surface area contributed by atoms with Gasteiger partial charge in [-0.05, 0) is 43.0 Å². The van der Waals surface area contributed by atoms with Crippen molar-refractivity contribution in [3.05, 3.63) is 35.0 Å². The Balaban J connectivity index is 2.70. The van der Waals surface area contributed by atoms with Crippen molar-refractivity contribution in [2.24, 2.45) is 0 Å². The summed E-state index contributed by atoms with van der Waals surface area (Å²) in [4.78, 5) is 4.72. The first-order valence-corrected chi connectivity index (χ1v) is 6.81. The lowest BCUT2D eigenvalue weighted by Gasteiger charge is -2.14. The molecule has 2 nitrogen and oxygen atoms in total. The third-order valence-electron chi connectivity index (χ3n) is 3.50. The van der Waals surface area contributed by atoms with Crippen LogP contribution in [0.5, 0.6) is 0 Å². The zero-order valence-corrected chi connectivity index (χ0v) is 11.8. The van der Waals surface area contributed by atoms with Crippen LogP contribution in [0.4, 0.5) is 5.69 Å². The summed E-state index contributed by atoms with van der Waals surface area (Å²) in [6.07, 6.45) is 3.33. The van der Waals surface area contributed by atoms with E-state index in [0.717, 1.165) is 24.1 Å². The average Bonchev–Trinajstić information content (AvgIpc) is 2.38. The van der Waals surface area contributed by atoms with Gasteiger partial charge < -0.3 is 5.32 Å². The lowest BCUT2D eigenvalue weighted by Crippen LogP contribution is -2.01. The summed E-state index contributed by atoms with van der Waals surface area (Å²) in [6, 6.07) is 6.63. The quantitative estimate of drug-likeness (QED) is 0.873. The first kappa shape index (κ1) is 12.9. The minimum absolute atomic E-state index is 1.02. The number of aryl methyl sites for hydroxylation is 2. The first-order chi connectivity index (χ1) is 8.71. The molecular formula is C16H22N2. The summed E-state index contributed by atoms with van der Waals surface area (Å²) in [5.41, 5.74) is 6.21. The van der Waals surface area contributed by atoms with Crippen LogP contribution in [0.25, 0.3) is 10.9 Å². The van der Waals surface area contributed by atoms with E-state index in [2.05, 4.69) is 44.3 Å². The molecule has 1 aromatic carbocycles. The fraction of sp³-hybridized carbons (Fsp3) is 0.438. The van der Waals surface area contributed by atoms with Crippen LogP contribution >= 0.6 is 0 Å². The molecule has 96 valence electrons. The van der Waals surface area contributed by atoms with Crippen LogP contribution < -0.4 is 5.32 Å². The summed E-state index contributed by atoms with van der Waals surface area (Å²) < 4.78 is 0. The number of nitrogens with one attached hydrogen (secondary N) is 1. The van der Waals surface area contributed by atoms with Gasteiger partial charge in [-0.25, -0.2) is 0 Å². The molecule has 0 spiro atoms. The Bertz CT molecular complexity index is 559. The van der Waals surface area contributed by atoms with Crippen LogP contribution in [0.1, 0.15) is 37.1 Å². The molecule has 2 aromatic rings. The van der Waals surface area contributed by atoms with Gasteiger partial charge in [-0.2, -0.15) is 0 Å². The zero-order chi connectivity index (χ0) is 13.1. The molecule has 0 bridgehead atoms. The van der Waals surface area contributed by atoms with E-state index in [1.165, 1.54) is 28.6 Å². The van der Waals surface area contributed by atoms with Gasteiger partial charge in [0.25, 0.3) is 0 Å². The molecule has 0 saturated carbocycles. The lowest BCUT2D eigenvalue weighted by molar-refractivity contribution is 0.923. The van der Waals surface area contributed by atoms with Gasteiger partial charge in [0.2, 0.25) is 0 Å². The largest absolute Gasteiger partial charge is 0.387 e. The molecule has 18 heavy (non-hydrogen) atoms. The first-order valence-electron chi connectivity index (χ1n) is 6.81. The second-order valence-electron chi connectivity index (χ2n) is 4.76. The molecule has 1 aromatic heterocycles. The maximum atomic E-state index is 4.72. The van der Waals surface area contributed by atoms with E-state index in [0.29, 0.717) is 0 Å². The summed E-state index contributed by atoms with van der Waals surface area (Å²) in [5, 5.41) is 4.62. The van der Waals surface area contributed by atoms with Crippen LogP contribution in [0.3, 0.4) is 0 Å². The second kappa shape index (κ2) is 5.38. The van der Waals surface area contributed by atoms with Crippen molar-refractivity contribution >= 4 is 16.6 Å². The van der Waals surface area contributed by atoms with Gasteiger partial charge in [0.1, 0.15) is 0 Å². The molecule has 0 atom stereocenters. The molecule has 0 amide bonds. The Morgan fingerprint density at radius 3 is 2.61 bits per heavy atom. The highest BCUT2D eigenvalue weighted by molar-refractivity contribution is 5.93. The molecule has 0 fully saturated rings. The predicted molar refractivity (Wildman–Crippen MR) is 79.4 cm³/mol. The lowest BCUT2D eigenvalue weighted by atomic mass is 10.0. The van der Waals surface area contributed by atoms with Crippen LogP contribution in [0, 0.1) is 6.92 Å². The van der Waals surface area contributed by atoms with Gasteiger partial charge in [0.15, 0.2) is 0 Å². The highest BCUT2D eigenvalue weighted by Crippen LogP contribution is 2.29. The molecule has 0 unspecified atom stereocenters. The molecular weight excluding hydrogens is 220 g/mol. The van der Waals surface area contributed by atoms with Gasteiger partial charge >= 0.3 is 0 Å². The van der Waals surface area contributed by atoms with Crippen LogP contribution in [-0.2, 0) is 12.8 Å². The maximum Gasteiger partial charge on any atom is 0.0726 e. The molecule has 0 saturated heterocycles. The molecule has 1 heterocycles. The Morgan fingerprint density at radius 1 is 1.22 bits per heavy atom. The number of aromatic nitrogens is 1. The summed E-state index contributed by atoms with van der Waals surface area (Å²) in [5.74, 6) is 0. The Labute approximate surface area is 109 Å². The van der Waals surface area contributed by atoms with Crippen molar-refractivity contribution in [1.82, 2.24) is 4.98 Å². The van der Waals surface area contributed by atoms with Gasteiger partial charge in [-0.15, -0.1) is 0 Å². The minimum atomic E-state index is 1.02. The second-order valence-corrected chi connectivity index (χ2v) is 4.76. The molecule has 2 rings (SSSR count). The van der Waals surface area contributed by atoms with Crippen molar-refractivity contribution in [3.63, 3.8) is 0 Å². The number of rotatable bonds is 4. The predicted octanol–water partition coefficient (Wildman–Crippen LogP) is 4.10. The Hall–Kier alpha value is -1.57. The number of hydrogen-bond donors (Lipinski definition) is 1. The maximum absolute atomic E-state index is 4.72. The normalized spacial score (nSPS) is 10.9. The minimum Gasteiger partial charge on any atom is -0.387 e. The van der Waals surface area contributed by atoms with Crippen LogP contribution in [0.15, 0.2) is 18.2 Å². The van der Waals surface area contributed by atoms with Gasteiger partial charge in [0.05, 0.1) is 5.52 Å². The molecule has 1 N–H and O–H groups in total. The fourth-order valence-corrected chi connectivity index (χ4v) is 2.63. The van der Waals surface area contributed by atoms with E-state index < -0.39 is 0 Å². The third kappa shape index (κ3) is 2.20. The zero-order valence-electron chi connectivity index (χ0n) is 11.8. The number of fused-ring (bicyclic) bond motifs is 1. The van der Waals surface area contributed by atoms with E-state index >= 15 is 0 Å². The van der Waals surface area contributed by atoms with E-state index in [1.54, 1.807) is 0 Å². The highest BCUT2D eigenvalue weighted by Gasteiger charge is 2.10. The molecule has 0 aliphatic carbocycles. The van der Waals surface area contributed by atoms with Crippen molar-refractivity contribution < 1.29 is 0 Å². The van der Waals surface area contributed by atoms with E-state index in [-0.39, 0.29) is 0 Å². The van der Waals surface area contributed by atoms with Crippen molar-refractivity contribution in [2.75, 3.05) is 12.4 Å². The van der Waals surface area contributed by atoms with Crippen LogP contribution in [-0.4, -0.2) is 12.0 Å². The van der Waals surface area contributed by atoms with Crippen molar-refractivity contribution in [2.45, 2.75) is 40.0 Å². The topological polar surface area (TPSA) is 24.9 Å². The van der Waals surface area contributed by atoms with Crippen LogP contribution in [0.2, 0.25) is 0 Å². The van der Waals surface area contributed by atoms with Crippen molar-refractivity contribution in [1.29, 1.82) is 0 Å². The average molecular weight is 242 g/mol. The molecule has 2 heteroatoms.